The Balaban J connectivity index is 1.44. The maximum Gasteiger partial charge on any atom is 0.409 e. The Kier molecular flexibility index (Phi) is 6.18. The fraction of sp³-hybridized carbons (Fsp3) is 0.333. The van der Waals surface area contributed by atoms with Gasteiger partial charge in [0.2, 0.25) is 5.91 Å². The summed E-state index contributed by atoms with van der Waals surface area (Å²) >= 11 is 1.39. The average Bonchev–Trinajstić information content (AvgIpc) is 3.32. The zero-order valence-electron chi connectivity index (χ0n) is 16.6. The molecule has 0 bridgehead atoms. The van der Waals surface area contributed by atoms with Crippen molar-refractivity contribution in [3.05, 3.63) is 42.7 Å². The van der Waals surface area contributed by atoms with Gasteiger partial charge in [0.25, 0.3) is 0 Å². The standard InChI is InChI=1S/C21H22N4O4S/c1-2-28-21(27)25-11-9-24(10-12-25)18(26)14-30-20-15-6-3-4-7-16(15)22-19(23-20)17-8-5-13-29-17/h3-8,13H,2,9-12,14H2,1H3. The molecule has 2 aromatic heterocycles. The highest BCUT2D eigenvalue weighted by Crippen LogP contribution is 2.28. The number of piperazine rings is 1. The number of amides is 2. The van der Waals surface area contributed by atoms with Gasteiger partial charge in [-0.2, -0.15) is 0 Å². The van der Waals surface area contributed by atoms with E-state index in [1.165, 1.54) is 11.8 Å². The highest BCUT2D eigenvalue weighted by Gasteiger charge is 2.25. The monoisotopic (exact) mass is 426 g/mol. The molecule has 4 rings (SSSR count). The molecular weight excluding hydrogens is 404 g/mol. The molecule has 2 amide bonds. The van der Waals surface area contributed by atoms with Crippen molar-refractivity contribution in [3.63, 3.8) is 0 Å². The molecule has 1 aliphatic heterocycles. The smallest absolute Gasteiger partial charge is 0.409 e. The number of ether oxygens (including phenoxy) is 1. The number of hydrogen-bond acceptors (Lipinski definition) is 7. The van der Waals surface area contributed by atoms with Gasteiger partial charge in [0.05, 0.1) is 24.1 Å². The summed E-state index contributed by atoms with van der Waals surface area (Å²) in [4.78, 5) is 37.2. The Bertz CT molecular complexity index is 1030. The topological polar surface area (TPSA) is 88.8 Å². The number of furan rings is 1. The van der Waals surface area contributed by atoms with E-state index in [0.717, 1.165) is 15.9 Å². The summed E-state index contributed by atoms with van der Waals surface area (Å²) in [6, 6.07) is 11.3. The molecule has 0 spiro atoms. The van der Waals surface area contributed by atoms with Gasteiger partial charge >= 0.3 is 6.09 Å². The van der Waals surface area contributed by atoms with Gasteiger partial charge < -0.3 is 19.0 Å². The largest absolute Gasteiger partial charge is 0.461 e. The first-order valence-corrected chi connectivity index (χ1v) is 10.8. The van der Waals surface area contributed by atoms with Crippen molar-refractivity contribution in [3.8, 4) is 11.6 Å². The van der Waals surface area contributed by atoms with Gasteiger partial charge in [-0.3, -0.25) is 4.79 Å². The second-order valence-corrected chi connectivity index (χ2v) is 7.67. The third kappa shape index (κ3) is 4.40. The number of hydrogen-bond donors (Lipinski definition) is 0. The Labute approximate surface area is 178 Å². The average molecular weight is 426 g/mol. The Morgan fingerprint density at radius 2 is 1.83 bits per heavy atom. The van der Waals surface area contributed by atoms with Crippen LogP contribution in [0, 0.1) is 0 Å². The minimum atomic E-state index is -0.322. The van der Waals surface area contributed by atoms with E-state index in [9.17, 15) is 9.59 Å². The van der Waals surface area contributed by atoms with Crippen LogP contribution in [-0.2, 0) is 9.53 Å². The van der Waals surface area contributed by atoms with Crippen LogP contribution in [0.2, 0.25) is 0 Å². The first-order chi connectivity index (χ1) is 14.7. The minimum Gasteiger partial charge on any atom is -0.461 e. The second kappa shape index (κ2) is 9.17. The molecule has 0 N–H and O–H groups in total. The van der Waals surface area contributed by atoms with E-state index in [2.05, 4.69) is 9.97 Å². The van der Waals surface area contributed by atoms with Crippen LogP contribution < -0.4 is 0 Å². The SMILES string of the molecule is CCOC(=O)N1CCN(C(=O)CSc2nc(-c3ccco3)nc3ccccc23)CC1. The van der Waals surface area contributed by atoms with Gasteiger partial charge in [-0.25, -0.2) is 14.8 Å². The van der Waals surface area contributed by atoms with Crippen LogP contribution in [0.4, 0.5) is 4.79 Å². The predicted octanol–water partition coefficient (Wildman–Crippen LogP) is 3.28. The first-order valence-electron chi connectivity index (χ1n) is 9.78. The van der Waals surface area contributed by atoms with Crippen molar-refractivity contribution in [2.45, 2.75) is 11.9 Å². The molecule has 30 heavy (non-hydrogen) atoms. The lowest BCUT2D eigenvalue weighted by molar-refractivity contribution is -0.129. The Hall–Kier alpha value is -3.07. The number of aromatic nitrogens is 2. The van der Waals surface area contributed by atoms with Crippen LogP contribution in [0.25, 0.3) is 22.5 Å². The molecule has 0 radical (unpaired) electrons. The van der Waals surface area contributed by atoms with Gasteiger partial charge in [-0.1, -0.05) is 30.0 Å². The quantitative estimate of drug-likeness (QED) is 0.457. The van der Waals surface area contributed by atoms with Crippen LogP contribution >= 0.6 is 11.8 Å². The molecule has 1 saturated heterocycles. The second-order valence-electron chi connectivity index (χ2n) is 6.70. The van der Waals surface area contributed by atoms with Crippen molar-refractivity contribution >= 4 is 34.7 Å². The van der Waals surface area contributed by atoms with Crippen LogP contribution in [0.15, 0.2) is 52.1 Å². The summed E-state index contributed by atoms with van der Waals surface area (Å²) < 4.78 is 10.5. The molecule has 0 saturated carbocycles. The van der Waals surface area contributed by atoms with Crippen molar-refractivity contribution in [2.75, 3.05) is 38.5 Å². The fourth-order valence-electron chi connectivity index (χ4n) is 3.25. The number of carbonyl (C=O) groups excluding carboxylic acids is 2. The highest BCUT2D eigenvalue weighted by molar-refractivity contribution is 8.00. The van der Waals surface area contributed by atoms with Gasteiger partial charge in [0.15, 0.2) is 11.6 Å². The molecular formula is C21H22N4O4S. The predicted molar refractivity (Wildman–Crippen MR) is 113 cm³/mol. The maximum atomic E-state index is 12.7. The van der Waals surface area contributed by atoms with E-state index < -0.39 is 0 Å². The number of rotatable bonds is 5. The van der Waals surface area contributed by atoms with Gasteiger partial charge in [0, 0.05) is 31.6 Å². The van der Waals surface area contributed by atoms with E-state index in [1.807, 2.05) is 30.3 Å². The highest BCUT2D eigenvalue weighted by atomic mass is 32.2. The molecule has 156 valence electrons. The lowest BCUT2D eigenvalue weighted by Gasteiger charge is -2.34. The van der Waals surface area contributed by atoms with E-state index in [-0.39, 0.29) is 17.8 Å². The lowest BCUT2D eigenvalue weighted by atomic mass is 10.2. The van der Waals surface area contributed by atoms with Crippen LogP contribution in [-0.4, -0.2) is 70.3 Å². The third-order valence-electron chi connectivity index (χ3n) is 4.80. The number of para-hydroxylation sites is 1. The summed E-state index contributed by atoms with van der Waals surface area (Å²) in [5, 5.41) is 1.64. The molecule has 1 aromatic carbocycles. The van der Waals surface area contributed by atoms with Crippen LogP contribution in [0.5, 0.6) is 0 Å². The van der Waals surface area contributed by atoms with Crippen molar-refractivity contribution < 1.29 is 18.7 Å². The number of fused-ring (bicyclic) bond motifs is 1. The van der Waals surface area contributed by atoms with Gasteiger partial charge in [-0.05, 0) is 25.1 Å². The van der Waals surface area contributed by atoms with Crippen molar-refractivity contribution in [1.29, 1.82) is 0 Å². The Morgan fingerprint density at radius 3 is 2.57 bits per heavy atom. The normalized spacial score (nSPS) is 14.2. The summed E-state index contributed by atoms with van der Waals surface area (Å²) in [6.45, 7) is 4.09. The number of benzene rings is 1. The summed E-state index contributed by atoms with van der Waals surface area (Å²) in [7, 11) is 0. The molecule has 1 fully saturated rings. The molecule has 0 aliphatic carbocycles. The third-order valence-corrected chi connectivity index (χ3v) is 5.78. The number of nitrogens with zero attached hydrogens (tertiary/aromatic N) is 4. The summed E-state index contributed by atoms with van der Waals surface area (Å²) in [6.07, 6.45) is 1.26. The van der Waals surface area contributed by atoms with E-state index >= 15 is 0 Å². The lowest BCUT2D eigenvalue weighted by Crippen LogP contribution is -2.51. The maximum absolute atomic E-state index is 12.7. The number of carbonyl (C=O) groups is 2. The van der Waals surface area contributed by atoms with Crippen LogP contribution in [0.1, 0.15) is 6.92 Å². The summed E-state index contributed by atoms with van der Waals surface area (Å²) in [5.41, 5.74) is 0.803. The zero-order valence-corrected chi connectivity index (χ0v) is 17.4. The zero-order chi connectivity index (χ0) is 20.9. The van der Waals surface area contributed by atoms with E-state index in [4.69, 9.17) is 9.15 Å². The van der Waals surface area contributed by atoms with Crippen molar-refractivity contribution in [2.24, 2.45) is 0 Å². The minimum absolute atomic E-state index is 0.0192. The molecule has 0 atom stereocenters. The Morgan fingerprint density at radius 1 is 1.07 bits per heavy atom. The van der Waals surface area contributed by atoms with E-state index in [1.54, 1.807) is 29.1 Å². The molecule has 3 aromatic rings. The van der Waals surface area contributed by atoms with Gasteiger partial charge in [-0.15, -0.1) is 0 Å². The first kappa shape index (κ1) is 20.2. The fourth-order valence-corrected chi connectivity index (χ4v) is 4.17. The molecule has 3 heterocycles. The van der Waals surface area contributed by atoms with Gasteiger partial charge in [0.1, 0.15) is 5.03 Å². The molecule has 1 aliphatic rings. The van der Waals surface area contributed by atoms with Crippen molar-refractivity contribution in [1.82, 2.24) is 19.8 Å². The summed E-state index contributed by atoms with van der Waals surface area (Å²) in [5.74, 6) is 1.37. The van der Waals surface area contributed by atoms with E-state index in [0.29, 0.717) is 44.4 Å². The van der Waals surface area contributed by atoms with Crippen LogP contribution in [0.3, 0.4) is 0 Å². The molecule has 8 nitrogen and oxygen atoms in total. The molecule has 9 heteroatoms. The molecule has 0 unspecified atom stereocenters. The number of thioether (sulfide) groups is 1.